The largest absolute Gasteiger partial charge is 0.416 e. The van der Waals surface area contributed by atoms with E-state index in [1.165, 1.54) is 30.3 Å². The molecule has 35 heavy (non-hydrogen) atoms. The first-order valence-electron chi connectivity index (χ1n) is 9.81. The number of alkyl halides is 6. The second-order valence-electron chi connectivity index (χ2n) is 7.56. The summed E-state index contributed by atoms with van der Waals surface area (Å²) in [6.45, 7) is 0. The van der Waals surface area contributed by atoms with Crippen LogP contribution < -0.4 is 5.14 Å². The van der Waals surface area contributed by atoms with Gasteiger partial charge in [0.2, 0.25) is 10.0 Å². The maximum Gasteiger partial charge on any atom is 0.416 e. The fraction of sp³-hybridized carbons (Fsp3) is 0.0870. The number of hydrogen-bond acceptors (Lipinski definition) is 3. The van der Waals surface area contributed by atoms with E-state index in [0.717, 1.165) is 24.3 Å². The van der Waals surface area contributed by atoms with E-state index in [2.05, 4.69) is 9.97 Å². The number of fused-ring (bicyclic) bond motifs is 1. The molecule has 0 bridgehead atoms. The van der Waals surface area contributed by atoms with E-state index in [4.69, 9.17) is 5.14 Å². The van der Waals surface area contributed by atoms with Crippen molar-refractivity contribution in [3.63, 3.8) is 0 Å². The van der Waals surface area contributed by atoms with Crippen LogP contribution in [-0.4, -0.2) is 18.4 Å². The Balaban J connectivity index is 1.68. The molecule has 3 aromatic carbocycles. The van der Waals surface area contributed by atoms with Gasteiger partial charge < -0.3 is 4.98 Å². The minimum absolute atomic E-state index is 0.0150. The van der Waals surface area contributed by atoms with E-state index < -0.39 is 38.4 Å². The summed E-state index contributed by atoms with van der Waals surface area (Å²) in [7, 11) is -4.47. The Morgan fingerprint density at radius 2 is 1.43 bits per heavy atom. The summed E-state index contributed by atoms with van der Waals surface area (Å²) in [5.41, 5.74) is -0.214. The molecule has 182 valence electrons. The van der Waals surface area contributed by atoms with Crippen molar-refractivity contribution in [2.45, 2.75) is 17.2 Å². The molecule has 0 fully saturated rings. The van der Waals surface area contributed by atoms with Crippen molar-refractivity contribution in [3.8, 4) is 11.1 Å². The smallest absolute Gasteiger partial charge is 0.338 e. The minimum Gasteiger partial charge on any atom is -0.338 e. The zero-order chi connectivity index (χ0) is 25.6. The number of primary sulfonamides is 1. The number of nitrogens with two attached hydrogens (primary N) is 1. The maximum atomic E-state index is 13.1. The van der Waals surface area contributed by atoms with Gasteiger partial charge in [-0.25, -0.2) is 18.5 Å². The van der Waals surface area contributed by atoms with Crippen molar-refractivity contribution in [3.05, 3.63) is 83.2 Å². The standard InChI is InChI=1S/C23H15F6N3O2S/c24-22(25,26)15-5-1-13(2-6-15)3-10-21-31-18-9-4-14(11-19(18)32-21)17-8-7-16(23(27,28)29)12-20(17)35(30,33)34/h1-12H,(H,31,32)(H2,30,33,34)/b10-3+. The highest BCUT2D eigenvalue weighted by Gasteiger charge is 2.32. The van der Waals surface area contributed by atoms with E-state index in [1.54, 1.807) is 12.1 Å². The second-order valence-corrected chi connectivity index (χ2v) is 9.09. The maximum absolute atomic E-state index is 13.1. The molecular formula is C23H15F6N3O2S. The Morgan fingerprint density at radius 1 is 0.800 bits per heavy atom. The average molecular weight is 511 g/mol. The lowest BCUT2D eigenvalue weighted by Crippen LogP contribution is -2.15. The highest BCUT2D eigenvalue weighted by molar-refractivity contribution is 7.89. The molecule has 1 heterocycles. The van der Waals surface area contributed by atoms with Gasteiger partial charge in [0, 0.05) is 5.56 Å². The van der Waals surface area contributed by atoms with Crippen molar-refractivity contribution in [1.82, 2.24) is 9.97 Å². The van der Waals surface area contributed by atoms with Gasteiger partial charge in [-0.1, -0.05) is 30.3 Å². The number of halogens is 6. The summed E-state index contributed by atoms with van der Waals surface area (Å²) < 4.78 is 101. The molecule has 0 spiro atoms. The summed E-state index contributed by atoms with van der Waals surface area (Å²) in [6.07, 6.45) is -6.10. The van der Waals surface area contributed by atoms with Gasteiger partial charge in [-0.2, -0.15) is 26.3 Å². The van der Waals surface area contributed by atoms with Crippen LogP contribution in [0.3, 0.4) is 0 Å². The number of nitrogens with one attached hydrogen (secondary N) is 1. The summed E-state index contributed by atoms with van der Waals surface area (Å²) in [4.78, 5) is 6.62. The lowest BCUT2D eigenvalue weighted by Gasteiger charge is -2.12. The van der Waals surface area contributed by atoms with Gasteiger partial charge in [-0.05, 0) is 53.6 Å². The average Bonchev–Trinajstić information content (AvgIpc) is 3.18. The first kappa shape index (κ1) is 24.5. The van der Waals surface area contributed by atoms with Crippen LogP contribution in [0.4, 0.5) is 26.3 Å². The fourth-order valence-electron chi connectivity index (χ4n) is 3.41. The van der Waals surface area contributed by atoms with Crippen LogP contribution in [0.5, 0.6) is 0 Å². The lowest BCUT2D eigenvalue weighted by atomic mass is 10.0. The van der Waals surface area contributed by atoms with Crippen molar-refractivity contribution in [1.29, 1.82) is 0 Å². The van der Waals surface area contributed by atoms with Crippen LogP contribution in [0, 0.1) is 0 Å². The fourth-order valence-corrected chi connectivity index (χ4v) is 4.19. The molecule has 0 radical (unpaired) electrons. The number of rotatable bonds is 4. The van der Waals surface area contributed by atoms with E-state index >= 15 is 0 Å². The Morgan fingerprint density at radius 3 is 2.03 bits per heavy atom. The second kappa shape index (κ2) is 8.54. The van der Waals surface area contributed by atoms with Gasteiger partial charge >= 0.3 is 12.4 Å². The predicted octanol–water partition coefficient (Wildman–Crippen LogP) is 6.09. The lowest BCUT2D eigenvalue weighted by molar-refractivity contribution is -0.138. The number of aromatic amines is 1. The van der Waals surface area contributed by atoms with E-state index in [-0.39, 0.29) is 11.1 Å². The predicted molar refractivity (Wildman–Crippen MR) is 118 cm³/mol. The Kier molecular flexibility index (Phi) is 5.97. The zero-order valence-corrected chi connectivity index (χ0v) is 18.3. The van der Waals surface area contributed by atoms with E-state index in [9.17, 15) is 34.8 Å². The Hall–Kier alpha value is -3.64. The van der Waals surface area contributed by atoms with Crippen LogP contribution in [-0.2, 0) is 22.4 Å². The normalized spacial score (nSPS) is 13.1. The third-order valence-corrected chi connectivity index (χ3v) is 6.05. The molecule has 3 N–H and O–H groups in total. The summed E-state index contributed by atoms with van der Waals surface area (Å²) >= 11 is 0. The minimum atomic E-state index is -4.75. The number of sulfonamides is 1. The van der Waals surface area contributed by atoms with Gasteiger partial charge in [-0.3, -0.25) is 0 Å². The van der Waals surface area contributed by atoms with Crippen LogP contribution in [0.15, 0.2) is 65.6 Å². The summed E-state index contributed by atoms with van der Waals surface area (Å²) in [5, 5.41) is 5.16. The highest BCUT2D eigenvalue weighted by Crippen LogP contribution is 2.36. The molecule has 1 aromatic heterocycles. The van der Waals surface area contributed by atoms with Gasteiger partial charge in [0.1, 0.15) is 5.82 Å². The monoisotopic (exact) mass is 511 g/mol. The highest BCUT2D eigenvalue weighted by atomic mass is 32.2. The number of hydrogen-bond donors (Lipinski definition) is 2. The summed E-state index contributed by atoms with van der Waals surface area (Å²) in [5.74, 6) is 0.358. The van der Waals surface area contributed by atoms with Crippen molar-refractivity contribution in [2.75, 3.05) is 0 Å². The number of benzene rings is 3. The molecule has 0 atom stereocenters. The summed E-state index contributed by atoms with van der Waals surface area (Å²) in [6, 6.07) is 11.3. The van der Waals surface area contributed by atoms with Crippen molar-refractivity contribution in [2.24, 2.45) is 5.14 Å². The molecule has 12 heteroatoms. The molecule has 4 aromatic rings. The van der Waals surface area contributed by atoms with Gasteiger partial charge in [0.15, 0.2) is 0 Å². The Bertz CT molecular complexity index is 1540. The first-order valence-corrected chi connectivity index (χ1v) is 11.4. The Labute approximate surface area is 195 Å². The molecule has 4 rings (SSSR count). The molecule has 0 aliphatic rings. The van der Waals surface area contributed by atoms with Gasteiger partial charge in [0.25, 0.3) is 0 Å². The number of nitrogens with zero attached hydrogens (tertiary/aromatic N) is 1. The van der Waals surface area contributed by atoms with Crippen molar-refractivity contribution >= 4 is 33.2 Å². The van der Waals surface area contributed by atoms with Crippen LogP contribution in [0.25, 0.3) is 34.3 Å². The SMILES string of the molecule is NS(=O)(=O)c1cc(C(F)(F)F)ccc1-c1ccc2nc(/C=C/c3ccc(C(F)(F)F)cc3)[nH]c2c1. The topological polar surface area (TPSA) is 88.8 Å². The molecule has 0 saturated heterocycles. The number of H-pyrrole nitrogens is 1. The zero-order valence-electron chi connectivity index (χ0n) is 17.4. The van der Waals surface area contributed by atoms with E-state index in [1.807, 2.05) is 0 Å². The molecule has 0 unspecified atom stereocenters. The molecule has 0 aliphatic heterocycles. The van der Waals surface area contributed by atoms with Crippen molar-refractivity contribution < 1.29 is 34.8 Å². The quantitative estimate of drug-likeness (QED) is 0.325. The van der Waals surface area contributed by atoms with Crippen LogP contribution in [0.1, 0.15) is 22.5 Å². The third-order valence-electron chi connectivity index (χ3n) is 5.10. The van der Waals surface area contributed by atoms with E-state index in [0.29, 0.717) is 28.5 Å². The van der Waals surface area contributed by atoms with Gasteiger partial charge in [0.05, 0.1) is 27.1 Å². The number of imidazole rings is 1. The number of aromatic nitrogens is 2. The molecule has 0 aliphatic carbocycles. The van der Waals surface area contributed by atoms with Crippen LogP contribution >= 0.6 is 0 Å². The van der Waals surface area contributed by atoms with Gasteiger partial charge in [-0.15, -0.1) is 0 Å². The third kappa shape index (κ3) is 5.38. The molecule has 0 amide bonds. The molecular weight excluding hydrogens is 496 g/mol. The molecule has 5 nitrogen and oxygen atoms in total. The van der Waals surface area contributed by atoms with Crippen LogP contribution in [0.2, 0.25) is 0 Å². The molecule has 0 saturated carbocycles. The first-order chi connectivity index (χ1) is 16.2.